The first-order valence-corrected chi connectivity index (χ1v) is 6.33. The van der Waals surface area contributed by atoms with Crippen LogP contribution in [0.25, 0.3) is 0 Å². The normalized spacial score (nSPS) is 10.4. The Kier molecular flexibility index (Phi) is 4.33. The standard InChI is InChI=1S/C13H9Cl3FN/c14-9-5-4-8(11(16)6-9)7-18-13-10(15)2-1-3-12(13)17/h1-6,18H,7H2. The lowest BCUT2D eigenvalue weighted by Gasteiger charge is -2.10. The van der Waals surface area contributed by atoms with E-state index in [1.54, 1.807) is 30.3 Å². The Bertz CT molecular complexity index is 552. The predicted octanol–water partition coefficient (Wildman–Crippen LogP) is 5.40. The molecule has 2 rings (SSSR count). The lowest BCUT2D eigenvalue weighted by molar-refractivity contribution is 0.630. The molecule has 1 N–H and O–H groups in total. The van der Waals surface area contributed by atoms with Crippen molar-refractivity contribution in [3.05, 3.63) is 62.8 Å². The van der Waals surface area contributed by atoms with Crippen molar-refractivity contribution in [2.24, 2.45) is 0 Å². The van der Waals surface area contributed by atoms with Crippen LogP contribution in [0.3, 0.4) is 0 Å². The van der Waals surface area contributed by atoms with Crippen LogP contribution in [-0.2, 0) is 6.54 Å². The largest absolute Gasteiger partial charge is 0.377 e. The molecular weight excluding hydrogens is 296 g/mol. The predicted molar refractivity (Wildman–Crippen MR) is 75.2 cm³/mol. The van der Waals surface area contributed by atoms with Gasteiger partial charge in [-0.1, -0.05) is 46.9 Å². The monoisotopic (exact) mass is 303 g/mol. The van der Waals surface area contributed by atoms with E-state index in [4.69, 9.17) is 34.8 Å². The van der Waals surface area contributed by atoms with Crippen LogP contribution in [0.1, 0.15) is 5.56 Å². The fourth-order valence-electron chi connectivity index (χ4n) is 1.52. The van der Waals surface area contributed by atoms with Gasteiger partial charge in [-0.15, -0.1) is 0 Å². The van der Waals surface area contributed by atoms with E-state index >= 15 is 0 Å². The molecule has 0 fully saturated rings. The van der Waals surface area contributed by atoms with Gasteiger partial charge in [0.25, 0.3) is 0 Å². The van der Waals surface area contributed by atoms with Crippen molar-refractivity contribution >= 4 is 40.5 Å². The van der Waals surface area contributed by atoms with E-state index in [0.29, 0.717) is 21.6 Å². The molecule has 0 spiro atoms. The maximum Gasteiger partial charge on any atom is 0.147 e. The van der Waals surface area contributed by atoms with Crippen molar-refractivity contribution in [3.63, 3.8) is 0 Å². The second-order valence-corrected chi connectivity index (χ2v) is 4.94. The molecule has 0 saturated carbocycles. The minimum Gasteiger partial charge on any atom is -0.377 e. The molecule has 0 amide bonds. The zero-order chi connectivity index (χ0) is 13.1. The number of para-hydroxylation sites is 1. The van der Waals surface area contributed by atoms with Crippen molar-refractivity contribution in [1.29, 1.82) is 0 Å². The summed E-state index contributed by atoms with van der Waals surface area (Å²) in [6.07, 6.45) is 0. The van der Waals surface area contributed by atoms with Gasteiger partial charge in [0.15, 0.2) is 0 Å². The van der Waals surface area contributed by atoms with Crippen LogP contribution < -0.4 is 5.32 Å². The highest BCUT2D eigenvalue weighted by molar-refractivity contribution is 6.35. The van der Waals surface area contributed by atoms with E-state index < -0.39 is 5.82 Å². The number of benzene rings is 2. The Balaban J connectivity index is 2.16. The molecule has 18 heavy (non-hydrogen) atoms. The van der Waals surface area contributed by atoms with E-state index in [1.807, 2.05) is 0 Å². The lowest BCUT2D eigenvalue weighted by Crippen LogP contribution is -2.02. The van der Waals surface area contributed by atoms with Gasteiger partial charge in [-0.05, 0) is 29.8 Å². The average Bonchev–Trinajstić information content (AvgIpc) is 2.31. The van der Waals surface area contributed by atoms with Gasteiger partial charge in [-0.2, -0.15) is 0 Å². The summed E-state index contributed by atoms with van der Waals surface area (Å²) in [4.78, 5) is 0. The van der Waals surface area contributed by atoms with Crippen LogP contribution in [-0.4, -0.2) is 0 Å². The number of anilines is 1. The zero-order valence-electron chi connectivity index (χ0n) is 9.18. The molecule has 2 aromatic rings. The maximum absolute atomic E-state index is 13.5. The summed E-state index contributed by atoms with van der Waals surface area (Å²) in [7, 11) is 0. The molecule has 0 aliphatic heterocycles. The highest BCUT2D eigenvalue weighted by Crippen LogP contribution is 2.27. The molecule has 0 aliphatic carbocycles. The fourth-order valence-corrected chi connectivity index (χ4v) is 2.22. The Hall–Kier alpha value is -0.960. The molecule has 0 radical (unpaired) electrons. The average molecular weight is 305 g/mol. The van der Waals surface area contributed by atoms with Gasteiger partial charge in [-0.3, -0.25) is 0 Å². The molecule has 0 unspecified atom stereocenters. The Labute approximate surface area is 119 Å². The van der Waals surface area contributed by atoms with E-state index in [2.05, 4.69) is 5.32 Å². The molecule has 0 heterocycles. The summed E-state index contributed by atoms with van der Waals surface area (Å²) in [5.74, 6) is -0.396. The van der Waals surface area contributed by atoms with Crippen LogP contribution >= 0.6 is 34.8 Å². The second kappa shape index (κ2) is 5.79. The van der Waals surface area contributed by atoms with Crippen molar-refractivity contribution < 1.29 is 4.39 Å². The van der Waals surface area contributed by atoms with E-state index in [0.717, 1.165) is 5.56 Å². The van der Waals surface area contributed by atoms with Crippen LogP contribution in [0.2, 0.25) is 15.1 Å². The maximum atomic E-state index is 13.5. The van der Waals surface area contributed by atoms with Gasteiger partial charge in [0.1, 0.15) is 5.82 Å². The molecule has 0 aliphatic rings. The third-order valence-electron chi connectivity index (χ3n) is 2.43. The summed E-state index contributed by atoms with van der Waals surface area (Å²) in [5.41, 5.74) is 1.09. The van der Waals surface area contributed by atoms with Gasteiger partial charge >= 0.3 is 0 Å². The quantitative estimate of drug-likeness (QED) is 0.800. The van der Waals surface area contributed by atoms with Gasteiger partial charge in [0.05, 0.1) is 10.7 Å². The highest BCUT2D eigenvalue weighted by Gasteiger charge is 2.07. The Morgan fingerprint density at radius 3 is 2.44 bits per heavy atom. The number of halogens is 4. The minimum absolute atomic E-state index is 0.269. The molecule has 5 heteroatoms. The van der Waals surface area contributed by atoms with Gasteiger partial charge < -0.3 is 5.32 Å². The number of hydrogen-bond acceptors (Lipinski definition) is 1. The molecule has 0 aromatic heterocycles. The first kappa shape index (κ1) is 13.5. The van der Waals surface area contributed by atoms with Crippen molar-refractivity contribution in [2.45, 2.75) is 6.54 Å². The van der Waals surface area contributed by atoms with E-state index in [1.165, 1.54) is 6.07 Å². The summed E-state index contributed by atoms with van der Waals surface area (Å²) in [6.45, 7) is 0.372. The van der Waals surface area contributed by atoms with Crippen molar-refractivity contribution in [1.82, 2.24) is 0 Å². The molecule has 0 bridgehead atoms. The van der Waals surface area contributed by atoms with Gasteiger partial charge in [0, 0.05) is 16.6 Å². The smallest absolute Gasteiger partial charge is 0.147 e. The summed E-state index contributed by atoms with van der Waals surface area (Å²) in [6, 6.07) is 9.68. The highest BCUT2D eigenvalue weighted by atomic mass is 35.5. The first-order valence-electron chi connectivity index (χ1n) is 5.20. The van der Waals surface area contributed by atoms with Crippen LogP contribution in [0.15, 0.2) is 36.4 Å². The zero-order valence-corrected chi connectivity index (χ0v) is 11.5. The van der Waals surface area contributed by atoms with Crippen LogP contribution in [0.4, 0.5) is 10.1 Å². The summed E-state index contributed by atoms with van der Waals surface area (Å²) >= 11 is 17.7. The van der Waals surface area contributed by atoms with E-state index in [9.17, 15) is 4.39 Å². The molecule has 1 nitrogen and oxygen atoms in total. The summed E-state index contributed by atoms with van der Waals surface area (Å²) in [5, 5.41) is 4.35. The first-order chi connectivity index (χ1) is 8.58. The Morgan fingerprint density at radius 2 is 1.78 bits per heavy atom. The van der Waals surface area contributed by atoms with Crippen molar-refractivity contribution in [3.8, 4) is 0 Å². The number of rotatable bonds is 3. The number of nitrogens with one attached hydrogen (secondary N) is 1. The topological polar surface area (TPSA) is 12.0 Å². The fraction of sp³-hybridized carbons (Fsp3) is 0.0769. The minimum atomic E-state index is -0.396. The third-order valence-corrected chi connectivity index (χ3v) is 3.34. The SMILES string of the molecule is Fc1cccc(Cl)c1NCc1ccc(Cl)cc1Cl. The van der Waals surface area contributed by atoms with Crippen molar-refractivity contribution in [2.75, 3.05) is 5.32 Å². The van der Waals surface area contributed by atoms with Crippen LogP contribution in [0.5, 0.6) is 0 Å². The van der Waals surface area contributed by atoms with Gasteiger partial charge in [-0.25, -0.2) is 4.39 Å². The number of hydrogen-bond donors (Lipinski definition) is 1. The Morgan fingerprint density at radius 1 is 1.00 bits per heavy atom. The summed E-state index contributed by atoms with van der Waals surface area (Å²) < 4.78 is 13.5. The molecule has 0 atom stereocenters. The van der Waals surface area contributed by atoms with Gasteiger partial charge in [0.2, 0.25) is 0 Å². The molecular formula is C13H9Cl3FN. The molecule has 0 saturated heterocycles. The lowest BCUT2D eigenvalue weighted by atomic mass is 10.2. The molecule has 2 aromatic carbocycles. The third kappa shape index (κ3) is 3.08. The molecule has 94 valence electrons. The van der Waals surface area contributed by atoms with E-state index in [-0.39, 0.29) is 5.69 Å². The van der Waals surface area contributed by atoms with Crippen LogP contribution in [0, 0.1) is 5.82 Å². The second-order valence-electron chi connectivity index (χ2n) is 3.69.